The summed E-state index contributed by atoms with van der Waals surface area (Å²) in [7, 11) is 3.16. The van der Waals surface area contributed by atoms with Crippen LogP contribution in [-0.2, 0) is 4.74 Å². The van der Waals surface area contributed by atoms with Gasteiger partial charge in [0.05, 0.1) is 31.7 Å². The summed E-state index contributed by atoms with van der Waals surface area (Å²) in [6.07, 6.45) is 3.81. The number of aromatic hydroxyl groups is 1. The third kappa shape index (κ3) is 3.80. The third-order valence-corrected chi connectivity index (χ3v) is 6.46. The highest BCUT2D eigenvalue weighted by molar-refractivity contribution is 5.95. The van der Waals surface area contributed by atoms with E-state index in [0.717, 1.165) is 22.0 Å². The van der Waals surface area contributed by atoms with Crippen LogP contribution in [0.3, 0.4) is 0 Å². The second-order valence-corrected chi connectivity index (χ2v) is 8.50. The Bertz CT molecular complexity index is 1630. The Morgan fingerprint density at radius 3 is 2.67 bits per heavy atom. The Morgan fingerprint density at radius 1 is 1.14 bits per heavy atom. The molecule has 1 atom stereocenters. The van der Waals surface area contributed by atoms with Crippen LogP contribution >= 0.6 is 0 Å². The van der Waals surface area contributed by atoms with Crippen molar-refractivity contribution in [2.75, 3.05) is 20.8 Å². The van der Waals surface area contributed by atoms with Gasteiger partial charge in [0.15, 0.2) is 11.5 Å². The molecule has 5 rings (SSSR count). The number of benzene rings is 2. The number of nitrogens with one attached hydrogen (secondary N) is 3. The Hall–Kier alpha value is -4.46. The second kappa shape index (κ2) is 9.30. The van der Waals surface area contributed by atoms with E-state index in [1.165, 1.54) is 0 Å². The maximum Gasteiger partial charge on any atom is 0.211 e. The largest absolute Gasteiger partial charge is 0.505 e. The Kier molecular flexibility index (Phi) is 6.01. The maximum absolute atomic E-state index is 11.5. The number of ether oxygens (including phenoxy) is 3. The first-order valence-electron chi connectivity index (χ1n) is 11.7. The molecular formula is C28H28N4O4. The zero-order valence-electron chi connectivity index (χ0n) is 20.6. The van der Waals surface area contributed by atoms with Gasteiger partial charge in [0.25, 0.3) is 0 Å². The van der Waals surface area contributed by atoms with Crippen LogP contribution in [0.15, 0.2) is 64.9 Å². The average Bonchev–Trinajstić information content (AvgIpc) is 3.43. The van der Waals surface area contributed by atoms with Gasteiger partial charge in [-0.25, -0.2) is 4.99 Å². The highest BCUT2D eigenvalue weighted by Crippen LogP contribution is 2.41. The zero-order chi connectivity index (χ0) is 25.4. The molecule has 4 N–H and O–H groups in total. The number of hydrogen-bond acceptors (Lipinski definition) is 6. The fraction of sp³-hybridized carbons (Fsp3) is 0.214. The monoisotopic (exact) mass is 484 g/mol. The van der Waals surface area contributed by atoms with Gasteiger partial charge in [0.1, 0.15) is 11.2 Å². The highest BCUT2D eigenvalue weighted by Gasteiger charge is 2.34. The second-order valence-electron chi connectivity index (χ2n) is 8.50. The van der Waals surface area contributed by atoms with E-state index in [9.17, 15) is 5.11 Å². The average molecular weight is 485 g/mol. The number of aromatic nitrogens is 2. The molecule has 0 aliphatic carbocycles. The summed E-state index contributed by atoms with van der Waals surface area (Å²) in [5.74, 6) is 0.744. The number of rotatable bonds is 6. The van der Waals surface area contributed by atoms with Crippen molar-refractivity contribution in [1.82, 2.24) is 9.97 Å². The minimum atomic E-state index is -0.502. The number of methoxy groups -OCH3 is 2. The minimum absolute atomic E-state index is 0.0203. The van der Waals surface area contributed by atoms with Crippen LogP contribution in [0, 0.1) is 5.41 Å². The zero-order valence-corrected chi connectivity index (χ0v) is 20.6. The molecule has 1 unspecified atom stereocenters. The third-order valence-electron chi connectivity index (χ3n) is 6.46. The Morgan fingerprint density at radius 2 is 1.92 bits per heavy atom. The maximum atomic E-state index is 11.5. The molecule has 36 heavy (non-hydrogen) atoms. The first-order chi connectivity index (χ1) is 17.5. The molecule has 184 valence electrons. The topological polar surface area (TPSA) is 116 Å². The van der Waals surface area contributed by atoms with E-state index in [2.05, 4.69) is 9.97 Å². The fourth-order valence-corrected chi connectivity index (χ4v) is 4.81. The van der Waals surface area contributed by atoms with Crippen LogP contribution in [0.4, 0.5) is 0 Å². The van der Waals surface area contributed by atoms with E-state index in [1.54, 1.807) is 14.2 Å². The molecule has 2 aromatic carbocycles. The summed E-state index contributed by atoms with van der Waals surface area (Å²) in [6, 6.07) is 13.6. The first kappa shape index (κ1) is 23.3. The Balaban J connectivity index is 1.74. The van der Waals surface area contributed by atoms with Crippen LogP contribution < -0.4 is 20.3 Å². The lowest BCUT2D eigenvalue weighted by Gasteiger charge is -2.25. The molecule has 0 amide bonds. The smallest absolute Gasteiger partial charge is 0.211 e. The van der Waals surface area contributed by atoms with Gasteiger partial charge >= 0.3 is 0 Å². The van der Waals surface area contributed by atoms with Gasteiger partial charge in [0, 0.05) is 39.9 Å². The number of allylic oxidation sites excluding steroid dienone is 1. The molecule has 0 bridgehead atoms. The Labute approximate surface area is 208 Å². The lowest BCUT2D eigenvalue weighted by Crippen LogP contribution is -2.26. The van der Waals surface area contributed by atoms with E-state index in [4.69, 9.17) is 24.6 Å². The van der Waals surface area contributed by atoms with Crippen molar-refractivity contribution in [2.24, 2.45) is 4.99 Å². The molecule has 1 aliphatic rings. The highest BCUT2D eigenvalue weighted by atomic mass is 16.5. The molecule has 3 heterocycles. The van der Waals surface area contributed by atoms with Gasteiger partial charge in [-0.15, -0.1) is 0 Å². The molecule has 8 nitrogen and oxygen atoms in total. The predicted molar refractivity (Wildman–Crippen MR) is 139 cm³/mol. The molecule has 0 radical (unpaired) electrons. The first-order valence-corrected chi connectivity index (χ1v) is 11.7. The van der Waals surface area contributed by atoms with Crippen molar-refractivity contribution in [3.05, 3.63) is 87.5 Å². The summed E-state index contributed by atoms with van der Waals surface area (Å²) in [4.78, 5) is 11.3. The number of H-pyrrole nitrogens is 2. The molecule has 4 aromatic rings. The van der Waals surface area contributed by atoms with Gasteiger partial charge in [0.2, 0.25) is 5.90 Å². The van der Waals surface area contributed by atoms with Crippen LogP contribution in [0.25, 0.3) is 17.0 Å². The van der Waals surface area contributed by atoms with E-state index >= 15 is 0 Å². The normalized spacial score (nSPS) is 15.6. The number of hydrogen-bond donors (Lipinski definition) is 4. The van der Waals surface area contributed by atoms with Crippen molar-refractivity contribution in [2.45, 2.75) is 19.8 Å². The molecule has 0 fully saturated rings. The quantitative estimate of drug-likeness (QED) is 0.244. The lowest BCUT2D eigenvalue weighted by molar-refractivity contribution is 0.322. The molecule has 1 aliphatic heterocycles. The summed E-state index contributed by atoms with van der Waals surface area (Å²) >= 11 is 0. The van der Waals surface area contributed by atoms with Gasteiger partial charge < -0.3 is 29.3 Å². The molecule has 0 spiro atoms. The van der Waals surface area contributed by atoms with Gasteiger partial charge in [-0.3, -0.25) is 5.41 Å². The van der Waals surface area contributed by atoms with Gasteiger partial charge in [-0.2, -0.15) is 0 Å². The molecule has 2 aromatic heterocycles. The van der Waals surface area contributed by atoms with Crippen molar-refractivity contribution in [3.8, 4) is 17.2 Å². The van der Waals surface area contributed by atoms with Crippen LogP contribution in [0.2, 0.25) is 0 Å². The van der Waals surface area contributed by atoms with Crippen molar-refractivity contribution >= 4 is 22.9 Å². The number of para-hydroxylation sites is 1. The number of aromatic amines is 2. The fourth-order valence-electron chi connectivity index (χ4n) is 4.81. The predicted octanol–water partition coefficient (Wildman–Crippen LogP) is 4.10. The lowest BCUT2D eigenvalue weighted by atomic mass is 9.82. The van der Waals surface area contributed by atoms with Crippen molar-refractivity contribution in [1.29, 1.82) is 5.41 Å². The molecule has 0 saturated heterocycles. The van der Waals surface area contributed by atoms with Crippen LogP contribution in [-0.4, -0.2) is 41.8 Å². The molecule has 0 saturated carbocycles. The summed E-state index contributed by atoms with van der Waals surface area (Å²) in [5, 5.41) is 21.7. The van der Waals surface area contributed by atoms with Crippen LogP contribution in [0.1, 0.15) is 36.5 Å². The standard InChI is InChI=1S/C28H28N4O4/c1-5-36-27(29)23-15(2)31-28-25(24(23)16-10-11-21(34-3)22(13-16)35-4)26(33)20(32-28)12-17-14-30-19-9-7-6-8-18(17)19/h6-14,24,29-30,33H,5H2,1-4H3,(H,31,32). The van der Waals surface area contributed by atoms with E-state index in [0.29, 0.717) is 45.8 Å². The molecule has 8 heteroatoms. The summed E-state index contributed by atoms with van der Waals surface area (Å²) < 4.78 is 16.6. The molecular weight excluding hydrogens is 456 g/mol. The van der Waals surface area contributed by atoms with E-state index in [1.807, 2.05) is 68.6 Å². The van der Waals surface area contributed by atoms with Crippen molar-refractivity contribution < 1.29 is 19.3 Å². The van der Waals surface area contributed by atoms with Gasteiger partial charge in [-0.05, 0) is 43.7 Å². The van der Waals surface area contributed by atoms with Gasteiger partial charge in [-0.1, -0.05) is 24.3 Å². The van der Waals surface area contributed by atoms with E-state index in [-0.39, 0.29) is 11.6 Å². The summed E-state index contributed by atoms with van der Waals surface area (Å²) in [6.45, 7) is 4.03. The SMILES string of the molecule is CCOC(=N)C1=C(C)N=c2[nH]c(=Cc3c[nH]c4ccccc34)c(O)c2C1c1ccc(OC)c(OC)c1. The number of nitrogens with zero attached hydrogens (tertiary/aromatic N) is 1. The number of fused-ring (bicyclic) bond motifs is 2. The van der Waals surface area contributed by atoms with Crippen molar-refractivity contribution in [3.63, 3.8) is 0 Å². The van der Waals surface area contributed by atoms with E-state index < -0.39 is 5.92 Å². The van der Waals surface area contributed by atoms with Crippen LogP contribution in [0.5, 0.6) is 17.2 Å². The minimum Gasteiger partial charge on any atom is -0.505 e. The summed E-state index contributed by atoms with van der Waals surface area (Å²) in [5.41, 5.74) is 5.12.